The largest absolute Gasteiger partial charge is 0.419 e. The molecule has 0 saturated heterocycles. The smallest absolute Gasteiger partial charge is 0.393 e. The predicted molar refractivity (Wildman–Crippen MR) is 46.1 cm³/mol. The first kappa shape index (κ1) is 10.5. The van der Waals surface area contributed by atoms with E-state index in [2.05, 4.69) is 5.10 Å². The molecule has 3 nitrogen and oxygen atoms in total. The molecule has 0 spiro atoms. The number of hydrogen-bond acceptors (Lipinski definition) is 2. The lowest BCUT2D eigenvalue weighted by molar-refractivity contribution is -0.137. The summed E-state index contributed by atoms with van der Waals surface area (Å²) >= 11 is 0. The Labute approximate surface area is 84.5 Å². The molecule has 0 aliphatic heterocycles. The number of aliphatic hydroxyl groups is 1. The van der Waals surface area contributed by atoms with E-state index in [1.165, 1.54) is 4.68 Å². The SMILES string of the molecule is OC1CCC(n2cc(C(F)(F)F)cn2)C1. The van der Waals surface area contributed by atoms with Crippen molar-refractivity contribution in [1.29, 1.82) is 0 Å². The molecule has 1 heterocycles. The number of hydrogen-bond donors (Lipinski definition) is 1. The zero-order valence-electron chi connectivity index (χ0n) is 7.91. The number of alkyl halides is 3. The average Bonchev–Trinajstić information content (AvgIpc) is 2.69. The van der Waals surface area contributed by atoms with E-state index >= 15 is 0 Å². The van der Waals surface area contributed by atoms with Gasteiger partial charge in [0.15, 0.2) is 0 Å². The maximum Gasteiger partial charge on any atom is 0.419 e. The van der Waals surface area contributed by atoms with Crippen molar-refractivity contribution in [2.24, 2.45) is 0 Å². The van der Waals surface area contributed by atoms with Crippen LogP contribution in [0.2, 0.25) is 0 Å². The number of halogens is 3. The Bertz CT molecular complexity index is 347. The van der Waals surface area contributed by atoms with E-state index in [9.17, 15) is 18.3 Å². The van der Waals surface area contributed by atoms with Crippen LogP contribution in [0.5, 0.6) is 0 Å². The molecule has 1 aliphatic rings. The number of nitrogens with zero attached hydrogens (tertiary/aromatic N) is 2. The van der Waals surface area contributed by atoms with Gasteiger partial charge in [-0.1, -0.05) is 0 Å². The maximum absolute atomic E-state index is 12.3. The summed E-state index contributed by atoms with van der Waals surface area (Å²) in [5, 5.41) is 12.9. The lowest BCUT2D eigenvalue weighted by Gasteiger charge is -2.09. The molecule has 15 heavy (non-hydrogen) atoms. The molecule has 1 N–H and O–H groups in total. The van der Waals surface area contributed by atoms with E-state index in [1.807, 2.05) is 0 Å². The minimum Gasteiger partial charge on any atom is -0.393 e. The Balaban J connectivity index is 2.14. The van der Waals surface area contributed by atoms with Crippen LogP contribution in [-0.2, 0) is 6.18 Å². The van der Waals surface area contributed by atoms with Gasteiger partial charge in [-0.25, -0.2) is 0 Å². The lowest BCUT2D eigenvalue weighted by atomic mass is 10.2. The second-order valence-electron chi connectivity index (χ2n) is 3.83. The highest BCUT2D eigenvalue weighted by Gasteiger charge is 2.33. The van der Waals surface area contributed by atoms with Crippen molar-refractivity contribution in [3.63, 3.8) is 0 Å². The van der Waals surface area contributed by atoms with Crippen molar-refractivity contribution in [3.8, 4) is 0 Å². The maximum atomic E-state index is 12.3. The van der Waals surface area contributed by atoms with Gasteiger partial charge in [0.05, 0.1) is 23.9 Å². The van der Waals surface area contributed by atoms with Crippen LogP contribution in [-0.4, -0.2) is 21.0 Å². The molecule has 0 amide bonds. The Hall–Kier alpha value is -1.04. The minimum atomic E-state index is -4.34. The number of aliphatic hydroxyl groups excluding tert-OH is 1. The third-order valence-electron chi connectivity index (χ3n) is 2.68. The monoisotopic (exact) mass is 220 g/mol. The number of aromatic nitrogens is 2. The summed E-state index contributed by atoms with van der Waals surface area (Å²) in [6.07, 6.45) is -1.12. The van der Waals surface area contributed by atoms with Crippen LogP contribution in [0.15, 0.2) is 12.4 Å². The highest BCUT2D eigenvalue weighted by molar-refractivity contribution is 5.09. The van der Waals surface area contributed by atoms with Gasteiger partial charge in [-0.2, -0.15) is 18.3 Å². The molecule has 6 heteroatoms. The van der Waals surface area contributed by atoms with Crippen LogP contribution in [0.3, 0.4) is 0 Å². The highest BCUT2D eigenvalue weighted by Crippen LogP contribution is 2.33. The molecule has 1 aliphatic carbocycles. The van der Waals surface area contributed by atoms with Crippen LogP contribution in [0.25, 0.3) is 0 Å². The summed E-state index contributed by atoms with van der Waals surface area (Å²) in [5.74, 6) is 0. The summed E-state index contributed by atoms with van der Waals surface area (Å²) < 4.78 is 38.1. The van der Waals surface area contributed by atoms with Crippen LogP contribution in [0, 0.1) is 0 Å². The summed E-state index contributed by atoms with van der Waals surface area (Å²) in [4.78, 5) is 0. The van der Waals surface area contributed by atoms with Gasteiger partial charge in [0.1, 0.15) is 0 Å². The quantitative estimate of drug-likeness (QED) is 0.785. The molecule has 2 atom stereocenters. The fourth-order valence-electron chi connectivity index (χ4n) is 1.86. The van der Waals surface area contributed by atoms with Gasteiger partial charge in [-0.05, 0) is 19.3 Å². The molecule has 1 fully saturated rings. The molecule has 0 radical (unpaired) electrons. The van der Waals surface area contributed by atoms with Crippen LogP contribution < -0.4 is 0 Å². The van der Waals surface area contributed by atoms with Gasteiger partial charge in [0.2, 0.25) is 0 Å². The predicted octanol–water partition coefficient (Wildman–Crippen LogP) is 1.99. The Kier molecular flexibility index (Phi) is 2.46. The van der Waals surface area contributed by atoms with E-state index in [1.54, 1.807) is 0 Å². The van der Waals surface area contributed by atoms with Crippen LogP contribution in [0.4, 0.5) is 13.2 Å². The summed E-state index contributed by atoms with van der Waals surface area (Å²) in [5.41, 5.74) is -0.733. The van der Waals surface area contributed by atoms with E-state index in [4.69, 9.17) is 0 Å². The molecule has 2 rings (SSSR count). The molecule has 0 bridgehead atoms. The second-order valence-corrected chi connectivity index (χ2v) is 3.83. The van der Waals surface area contributed by atoms with Gasteiger partial charge >= 0.3 is 6.18 Å². The first-order valence-corrected chi connectivity index (χ1v) is 4.76. The third kappa shape index (κ3) is 2.14. The first-order valence-electron chi connectivity index (χ1n) is 4.76. The molecule has 84 valence electrons. The van der Waals surface area contributed by atoms with Crippen molar-refractivity contribution in [2.45, 2.75) is 37.6 Å². The topological polar surface area (TPSA) is 38.0 Å². The Morgan fingerprint density at radius 2 is 2.13 bits per heavy atom. The van der Waals surface area contributed by atoms with Crippen molar-refractivity contribution in [1.82, 2.24) is 9.78 Å². The summed E-state index contributed by atoms with van der Waals surface area (Å²) in [6.45, 7) is 0. The first-order chi connectivity index (χ1) is 6.97. The molecule has 1 saturated carbocycles. The molecule has 2 unspecified atom stereocenters. The molecule has 1 aromatic rings. The van der Waals surface area contributed by atoms with E-state index in [-0.39, 0.29) is 6.04 Å². The fourth-order valence-corrected chi connectivity index (χ4v) is 1.86. The van der Waals surface area contributed by atoms with Crippen molar-refractivity contribution in [3.05, 3.63) is 18.0 Å². The van der Waals surface area contributed by atoms with Crippen molar-refractivity contribution in [2.75, 3.05) is 0 Å². The Morgan fingerprint density at radius 1 is 1.40 bits per heavy atom. The van der Waals surface area contributed by atoms with Crippen molar-refractivity contribution >= 4 is 0 Å². The van der Waals surface area contributed by atoms with Crippen LogP contribution in [0.1, 0.15) is 30.9 Å². The molecular weight excluding hydrogens is 209 g/mol. The lowest BCUT2D eigenvalue weighted by Crippen LogP contribution is -2.08. The number of rotatable bonds is 1. The fraction of sp³-hybridized carbons (Fsp3) is 0.667. The average molecular weight is 220 g/mol. The van der Waals surface area contributed by atoms with Gasteiger partial charge in [0, 0.05) is 6.20 Å². The van der Waals surface area contributed by atoms with Gasteiger partial charge < -0.3 is 5.11 Å². The van der Waals surface area contributed by atoms with Crippen LogP contribution >= 0.6 is 0 Å². The van der Waals surface area contributed by atoms with Crippen molar-refractivity contribution < 1.29 is 18.3 Å². The van der Waals surface area contributed by atoms with E-state index in [0.29, 0.717) is 19.3 Å². The van der Waals surface area contributed by atoms with Gasteiger partial charge in [-0.15, -0.1) is 0 Å². The standard InChI is InChI=1S/C9H11F3N2O/c10-9(11,12)6-4-13-14(5-6)7-1-2-8(15)3-7/h4-5,7-8,15H,1-3H2. The molecule has 0 aromatic carbocycles. The van der Waals surface area contributed by atoms with Gasteiger partial charge in [0.25, 0.3) is 0 Å². The third-order valence-corrected chi connectivity index (χ3v) is 2.68. The zero-order chi connectivity index (χ0) is 11.1. The second kappa shape index (κ2) is 3.52. The molecular formula is C9H11F3N2O. The van der Waals surface area contributed by atoms with E-state index < -0.39 is 17.8 Å². The van der Waals surface area contributed by atoms with E-state index in [0.717, 1.165) is 12.4 Å². The summed E-state index contributed by atoms with van der Waals surface area (Å²) in [7, 11) is 0. The Morgan fingerprint density at radius 3 is 2.60 bits per heavy atom. The highest BCUT2D eigenvalue weighted by atomic mass is 19.4. The normalized spacial score (nSPS) is 27.2. The zero-order valence-corrected chi connectivity index (χ0v) is 7.91. The van der Waals surface area contributed by atoms with Gasteiger partial charge in [-0.3, -0.25) is 4.68 Å². The minimum absolute atomic E-state index is 0.101. The molecule has 1 aromatic heterocycles. The summed E-state index contributed by atoms with van der Waals surface area (Å²) in [6, 6.07) is -0.101.